The average Bonchev–Trinajstić information content (AvgIpc) is 2.65. The van der Waals surface area contributed by atoms with Crippen molar-refractivity contribution in [3.63, 3.8) is 0 Å². The number of pyridine rings is 1. The van der Waals surface area contributed by atoms with Gasteiger partial charge in [-0.05, 0) is 12.1 Å². The van der Waals surface area contributed by atoms with Crippen LogP contribution in [0.1, 0.15) is 0 Å². The molecule has 0 saturated carbocycles. The van der Waals surface area contributed by atoms with Gasteiger partial charge in [-0.1, -0.05) is 0 Å². The van der Waals surface area contributed by atoms with Gasteiger partial charge in [0.25, 0.3) is 0 Å². The van der Waals surface area contributed by atoms with E-state index >= 15 is 0 Å². The minimum absolute atomic E-state index is 0.818. The molecule has 0 aliphatic carbocycles. The molecule has 0 atom stereocenters. The van der Waals surface area contributed by atoms with Crippen molar-refractivity contribution in [2.24, 2.45) is 0 Å². The zero-order chi connectivity index (χ0) is 8.67. The Morgan fingerprint density at radius 2 is 2.08 bits per heavy atom. The van der Waals surface area contributed by atoms with Gasteiger partial charge < -0.3 is 4.98 Å². The van der Waals surface area contributed by atoms with Gasteiger partial charge in [0.2, 0.25) is 0 Å². The predicted octanol–water partition coefficient (Wildman–Crippen LogP) is 1.51. The molecule has 0 radical (unpaired) electrons. The van der Waals surface area contributed by atoms with Crippen LogP contribution in [0.3, 0.4) is 0 Å². The molecule has 1 N–H and O–H groups in total. The van der Waals surface area contributed by atoms with E-state index in [1.165, 1.54) is 0 Å². The third-order valence-corrected chi connectivity index (χ3v) is 2.07. The Labute approximate surface area is 73.6 Å². The van der Waals surface area contributed by atoms with E-state index in [9.17, 15) is 0 Å². The molecule has 4 nitrogen and oxygen atoms in total. The lowest BCUT2D eigenvalue weighted by atomic mass is 10.2. The van der Waals surface area contributed by atoms with Crippen LogP contribution in [0.25, 0.3) is 21.9 Å². The molecule has 4 heteroatoms. The Hall–Kier alpha value is -1.97. The highest BCUT2D eigenvalue weighted by atomic mass is 15.1. The van der Waals surface area contributed by atoms with Crippen molar-refractivity contribution in [2.45, 2.75) is 0 Å². The fourth-order valence-corrected chi connectivity index (χ4v) is 1.46. The zero-order valence-electron chi connectivity index (χ0n) is 6.73. The summed E-state index contributed by atoms with van der Waals surface area (Å²) in [4.78, 5) is 7.01. The Morgan fingerprint density at radius 3 is 3.08 bits per heavy atom. The highest BCUT2D eigenvalue weighted by Gasteiger charge is 2.01. The number of fused-ring (bicyclic) bond motifs is 3. The van der Waals surface area contributed by atoms with Crippen molar-refractivity contribution in [2.75, 3.05) is 0 Å². The third-order valence-electron chi connectivity index (χ3n) is 2.07. The van der Waals surface area contributed by atoms with E-state index in [-0.39, 0.29) is 0 Å². The van der Waals surface area contributed by atoms with Gasteiger partial charge in [0.1, 0.15) is 5.52 Å². The molecule has 0 aliphatic rings. The number of hydrogen-bond donors (Lipinski definition) is 1. The van der Waals surface area contributed by atoms with Gasteiger partial charge in [-0.2, -0.15) is 0 Å². The van der Waals surface area contributed by atoms with Crippen LogP contribution in [-0.2, 0) is 0 Å². The van der Waals surface area contributed by atoms with Crippen LogP contribution in [-0.4, -0.2) is 20.2 Å². The lowest BCUT2D eigenvalue weighted by Crippen LogP contribution is -1.85. The SMILES string of the molecule is c1cc2c(cn1)nnc1[nH]ccc12. The summed E-state index contributed by atoms with van der Waals surface area (Å²) in [6.45, 7) is 0. The van der Waals surface area contributed by atoms with E-state index in [4.69, 9.17) is 0 Å². The summed E-state index contributed by atoms with van der Waals surface area (Å²) in [6.07, 6.45) is 5.34. The average molecular weight is 170 g/mol. The fraction of sp³-hybridized carbons (Fsp3) is 0. The van der Waals surface area contributed by atoms with Crippen LogP contribution in [0, 0.1) is 0 Å². The lowest BCUT2D eigenvalue weighted by Gasteiger charge is -1.94. The second-order valence-electron chi connectivity index (χ2n) is 2.83. The molecular formula is C9H6N4. The van der Waals surface area contributed by atoms with Gasteiger partial charge in [0.15, 0.2) is 5.65 Å². The largest absolute Gasteiger partial charge is 0.345 e. The number of hydrogen-bond acceptors (Lipinski definition) is 3. The monoisotopic (exact) mass is 170 g/mol. The summed E-state index contributed by atoms with van der Waals surface area (Å²) in [7, 11) is 0. The molecule has 0 amide bonds. The van der Waals surface area contributed by atoms with E-state index in [0.29, 0.717) is 0 Å². The standard InChI is InChI=1S/C9H6N4/c1-3-10-5-8-6(1)7-2-4-11-9(7)13-12-8/h1-5H,(H,11,13). The zero-order valence-corrected chi connectivity index (χ0v) is 6.73. The molecule has 3 heterocycles. The van der Waals surface area contributed by atoms with Crippen LogP contribution in [0.15, 0.2) is 30.7 Å². The summed E-state index contributed by atoms with van der Waals surface area (Å²) >= 11 is 0. The van der Waals surface area contributed by atoms with Crippen molar-refractivity contribution in [3.8, 4) is 0 Å². The molecule has 0 aromatic carbocycles. The third kappa shape index (κ3) is 0.823. The molecular weight excluding hydrogens is 164 g/mol. The summed E-state index contributed by atoms with van der Waals surface area (Å²) in [5.41, 5.74) is 1.65. The molecule has 13 heavy (non-hydrogen) atoms. The van der Waals surface area contributed by atoms with E-state index in [1.807, 2.05) is 18.3 Å². The minimum Gasteiger partial charge on any atom is -0.345 e. The van der Waals surface area contributed by atoms with Crippen molar-refractivity contribution in [1.82, 2.24) is 20.2 Å². The van der Waals surface area contributed by atoms with Crippen LogP contribution < -0.4 is 0 Å². The van der Waals surface area contributed by atoms with Crippen LogP contribution in [0.2, 0.25) is 0 Å². The predicted molar refractivity (Wildman–Crippen MR) is 49.2 cm³/mol. The molecule has 0 aliphatic heterocycles. The molecule has 3 aromatic rings. The second-order valence-corrected chi connectivity index (χ2v) is 2.83. The van der Waals surface area contributed by atoms with Crippen molar-refractivity contribution in [1.29, 1.82) is 0 Å². The maximum Gasteiger partial charge on any atom is 0.160 e. The van der Waals surface area contributed by atoms with Gasteiger partial charge in [0.05, 0.1) is 6.20 Å². The molecule has 0 unspecified atom stereocenters. The molecule has 0 spiro atoms. The summed E-state index contributed by atoms with van der Waals surface area (Å²) in [6, 6.07) is 3.94. The summed E-state index contributed by atoms with van der Waals surface area (Å²) in [5, 5.41) is 10.2. The highest BCUT2D eigenvalue weighted by Crippen LogP contribution is 2.18. The Balaban J connectivity index is 2.65. The quantitative estimate of drug-likeness (QED) is 0.556. The van der Waals surface area contributed by atoms with E-state index in [2.05, 4.69) is 20.2 Å². The first kappa shape index (κ1) is 6.54. The van der Waals surface area contributed by atoms with E-state index in [1.54, 1.807) is 12.4 Å². The molecule has 62 valence electrons. The first-order chi connectivity index (χ1) is 6.45. The Kier molecular flexibility index (Phi) is 1.14. The van der Waals surface area contributed by atoms with Crippen LogP contribution >= 0.6 is 0 Å². The van der Waals surface area contributed by atoms with Gasteiger partial charge in [-0.3, -0.25) is 4.98 Å². The summed E-state index contributed by atoms with van der Waals surface area (Å²) in [5.74, 6) is 0. The Bertz CT molecular complexity index is 570. The highest BCUT2D eigenvalue weighted by molar-refractivity contribution is 6.01. The minimum atomic E-state index is 0.818. The Morgan fingerprint density at radius 1 is 1.08 bits per heavy atom. The van der Waals surface area contributed by atoms with Crippen molar-refractivity contribution >= 4 is 21.9 Å². The van der Waals surface area contributed by atoms with Crippen LogP contribution in [0.4, 0.5) is 0 Å². The number of nitrogens with one attached hydrogen (secondary N) is 1. The first-order valence-electron chi connectivity index (χ1n) is 3.98. The number of nitrogens with zero attached hydrogens (tertiary/aromatic N) is 3. The van der Waals surface area contributed by atoms with Gasteiger partial charge >= 0.3 is 0 Å². The molecule has 0 saturated heterocycles. The normalized spacial score (nSPS) is 11.1. The number of aromatic amines is 1. The fourth-order valence-electron chi connectivity index (χ4n) is 1.46. The van der Waals surface area contributed by atoms with Crippen molar-refractivity contribution in [3.05, 3.63) is 30.7 Å². The van der Waals surface area contributed by atoms with Gasteiger partial charge in [-0.15, -0.1) is 10.2 Å². The van der Waals surface area contributed by atoms with E-state index < -0.39 is 0 Å². The summed E-state index contributed by atoms with van der Waals surface area (Å²) < 4.78 is 0. The van der Waals surface area contributed by atoms with Gasteiger partial charge in [0, 0.05) is 23.2 Å². The molecule has 3 aromatic heterocycles. The second kappa shape index (κ2) is 2.26. The molecule has 3 rings (SSSR count). The van der Waals surface area contributed by atoms with Gasteiger partial charge in [-0.25, -0.2) is 0 Å². The maximum absolute atomic E-state index is 4.04. The van der Waals surface area contributed by atoms with Crippen molar-refractivity contribution < 1.29 is 0 Å². The topological polar surface area (TPSA) is 54.5 Å². The molecule has 0 fully saturated rings. The number of rotatable bonds is 0. The number of H-pyrrole nitrogens is 1. The number of aromatic nitrogens is 4. The van der Waals surface area contributed by atoms with Crippen LogP contribution in [0.5, 0.6) is 0 Å². The lowest BCUT2D eigenvalue weighted by molar-refractivity contribution is 1.09. The maximum atomic E-state index is 4.04. The molecule has 0 bridgehead atoms. The smallest absolute Gasteiger partial charge is 0.160 e. The van der Waals surface area contributed by atoms with E-state index in [0.717, 1.165) is 21.9 Å². The first-order valence-corrected chi connectivity index (χ1v) is 3.98.